The summed E-state index contributed by atoms with van der Waals surface area (Å²) in [4.78, 5) is 30.4. The summed E-state index contributed by atoms with van der Waals surface area (Å²) in [6.45, 7) is 4.72. The topological polar surface area (TPSA) is 61.7 Å². The van der Waals surface area contributed by atoms with Crippen LogP contribution in [0.25, 0.3) is 16.6 Å². The van der Waals surface area contributed by atoms with Crippen LogP contribution in [0.2, 0.25) is 0 Å². The van der Waals surface area contributed by atoms with Crippen molar-refractivity contribution in [3.05, 3.63) is 54.5 Å². The molecular weight excluding hydrogens is 385 g/mol. The predicted octanol–water partition coefficient (Wildman–Crippen LogP) is 2.88. The summed E-state index contributed by atoms with van der Waals surface area (Å²) in [5, 5.41) is 5.13. The summed E-state index contributed by atoms with van der Waals surface area (Å²) in [6.07, 6.45) is 1.65. The molecule has 3 amide bonds. The average Bonchev–Trinajstić information content (AvgIpc) is 3.30. The third-order valence-electron chi connectivity index (χ3n) is 5.80. The molecule has 0 saturated carbocycles. The van der Waals surface area contributed by atoms with Gasteiger partial charge in [-0.25, -0.2) is 13.9 Å². The molecule has 1 aromatic heterocycles. The highest BCUT2D eigenvalue weighted by Crippen LogP contribution is 2.31. The molecule has 0 spiro atoms. The Morgan fingerprint density at radius 1 is 1.10 bits per heavy atom. The molecule has 154 valence electrons. The number of amides is 3. The number of urea groups is 1. The maximum absolute atomic E-state index is 14.3. The van der Waals surface area contributed by atoms with E-state index in [0.29, 0.717) is 30.4 Å². The van der Waals surface area contributed by atoms with Crippen LogP contribution in [0.1, 0.15) is 6.92 Å². The molecular formula is C22H22FN5O2. The Hall–Kier alpha value is -3.42. The van der Waals surface area contributed by atoms with Gasteiger partial charge >= 0.3 is 6.03 Å². The smallest absolute Gasteiger partial charge is 0.325 e. The molecule has 5 rings (SSSR count). The third-order valence-corrected chi connectivity index (χ3v) is 5.80. The van der Waals surface area contributed by atoms with Crippen molar-refractivity contribution in [1.82, 2.24) is 19.6 Å². The average molecular weight is 407 g/mol. The molecule has 30 heavy (non-hydrogen) atoms. The quantitative estimate of drug-likeness (QED) is 0.668. The molecule has 8 heteroatoms. The molecule has 0 aliphatic carbocycles. The number of hydrogen-bond donors (Lipinski definition) is 0. The van der Waals surface area contributed by atoms with Crippen LogP contribution in [0.15, 0.2) is 48.7 Å². The summed E-state index contributed by atoms with van der Waals surface area (Å²) in [7, 11) is 0. The lowest BCUT2D eigenvalue weighted by molar-refractivity contribution is -0.137. The van der Waals surface area contributed by atoms with Gasteiger partial charge in [-0.3, -0.25) is 9.69 Å². The van der Waals surface area contributed by atoms with Crippen LogP contribution in [0.5, 0.6) is 0 Å². The highest BCUT2D eigenvalue weighted by Gasteiger charge is 2.35. The van der Waals surface area contributed by atoms with Crippen molar-refractivity contribution >= 4 is 28.5 Å². The Bertz CT molecular complexity index is 1140. The van der Waals surface area contributed by atoms with Gasteiger partial charge in [0, 0.05) is 31.6 Å². The fourth-order valence-corrected chi connectivity index (χ4v) is 4.21. The molecule has 0 unspecified atom stereocenters. The Kier molecular flexibility index (Phi) is 4.42. The zero-order valence-electron chi connectivity index (χ0n) is 16.7. The number of aromatic nitrogens is 2. The van der Waals surface area contributed by atoms with Gasteiger partial charge in [-0.15, -0.1) is 0 Å². The zero-order chi connectivity index (χ0) is 20.8. The maximum atomic E-state index is 14.3. The number of anilines is 1. The van der Waals surface area contributed by atoms with E-state index in [-0.39, 0.29) is 24.3 Å². The SMILES string of the molecule is CC1CN(C(=O)CN2CCN(c3cccc4c3cnn4-c3ccccc3F)C2=O)C1. The molecule has 0 bridgehead atoms. The van der Waals surface area contributed by atoms with E-state index >= 15 is 0 Å². The van der Waals surface area contributed by atoms with Crippen LogP contribution in [0.4, 0.5) is 14.9 Å². The van der Waals surface area contributed by atoms with E-state index in [0.717, 1.165) is 24.0 Å². The number of benzene rings is 2. The van der Waals surface area contributed by atoms with E-state index in [2.05, 4.69) is 12.0 Å². The third kappa shape index (κ3) is 2.99. The van der Waals surface area contributed by atoms with Crippen molar-refractivity contribution < 1.29 is 14.0 Å². The van der Waals surface area contributed by atoms with Crippen LogP contribution in [-0.4, -0.2) is 64.2 Å². The Morgan fingerprint density at radius 2 is 1.87 bits per heavy atom. The van der Waals surface area contributed by atoms with Gasteiger partial charge in [0.1, 0.15) is 18.0 Å². The predicted molar refractivity (Wildman–Crippen MR) is 111 cm³/mol. The molecule has 2 aromatic carbocycles. The molecule has 3 aromatic rings. The zero-order valence-corrected chi connectivity index (χ0v) is 16.7. The van der Waals surface area contributed by atoms with Crippen LogP contribution in [0, 0.1) is 11.7 Å². The molecule has 0 atom stereocenters. The number of para-hydroxylation sites is 1. The second-order valence-electron chi connectivity index (χ2n) is 7.98. The Labute approximate surface area is 173 Å². The van der Waals surface area contributed by atoms with Gasteiger partial charge in [0.05, 0.1) is 17.4 Å². The first-order valence-corrected chi connectivity index (χ1v) is 10.1. The lowest BCUT2D eigenvalue weighted by Gasteiger charge is -2.38. The summed E-state index contributed by atoms with van der Waals surface area (Å²) < 4.78 is 15.8. The number of carbonyl (C=O) groups excluding carboxylic acids is 2. The van der Waals surface area contributed by atoms with Crippen molar-refractivity contribution in [2.75, 3.05) is 37.6 Å². The van der Waals surface area contributed by atoms with Gasteiger partial charge < -0.3 is 9.80 Å². The van der Waals surface area contributed by atoms with Crippen LogP contribution in [-0.2, 0) is 4.79 Å². The van der Waals surface area contributed by atoms with Gasteiger partial charge in [0.2, 0.25) is 5.91 Å². The monoisotopic (exact) mass is 407 g/mol. The standard InChI is InChI=1S/C22H22FN5O2/c1-15-12-26(13-15)21(29)14-25-9-10-27(22(25)30)18-7-4-8-19-16(18)11-24-28(19)20-6-3-2-5-17(20)23/h2-8,11,15H,9-10,12-14H2,1H3. The Morgan fingerprint density at radius 3 is 2.63 bits per heavy atom. The van der Waals surface area contributed by atoms with E-state index in [4.69, 9.17) is 0 Å². The van der Waals surface area contributed by atoms with Crippen LogP contribution in [0.3, 0.4) is 0 Å². The fraction of sp³-hybridized carbons (Fsp3) is 0.318. The van der Waals surface area contributed by atoms with Crippen molar-refractivity contribution in [3.8, 4) is 5.69 Å². The van der Waals surface area contributed by atoms with Crippen LogP contribution >= 0.6 is 0 Å². The minimum atomic E-state index is -0.366. The van der Waals surface area contributed by atoms with Gasteiger partial charge in [-0.2, -0.15) is 5.10 Å². The highest BCUT2D eigenvalue weighted by molar-refractivity contribution is 6.04. The van der Waals surface area contributed by atoms with E-state index in [1.165, 1.54) is 6.07 Å². The number of nitrogens with zero attached hydrogens (tertiary/aromatic N) is 5. The molecule has 2 aliphatic heterocycles. The summed E-state index contributed by atoms with van der Waals surface area (Å²) in [6, 6.07) is 11.8. The molecule has 2 saturated heterocycles. The molecule has 3 heterocycles. The van der Waals surface area contributed by atoms with E-state index in [1.54, 1.807) is 43.8 Å². The van der Waals surface area contributed by atoms with Gasteiger partial charge in [0.15, 0.2) is 0 Å². The van der Waals surface area contributed by atoms with E-state index in [1.807, 2.05) is 18.2 Å². The maximum Gasteiger partial charge on any atom is 0.325 e. The number of fused-ring (bicyclic) bond motifs is 1. The van der Waals surface area contributed by atoms with E-state index < -0.39 is 0 Å². The van der Waals surface area contributed by atoms with Crippen molar-refractivity contribution in [2.24, 2.45) is 5.92 Å². The largest absolute Gasteiger partial charge is 0.340 e. The fourth-order valence-electron chi connectivity index (χ4n) is 4.21. The second-order valence-corrected chi connectivity index (χ2v) is 7.98. The normalized spacial score (nSPS) is 17.1. The van der Waals surface area contributed by atoms with Crippen molar-refractivity contribution in [1.29, 1.82) is 0 Å². The number of halogens is 1. The van der Waals surface area contributed by atoms with Crippen LogP contribution < -0.4 is 4.90 Å². The van der Waals surface area contributed by atoms with Crippen molar-refractivity contribution in [2.45, 2.75) is 6.92 Å². The van der Waals surface area contributed by atoms with Crippen molar-refractivity contribution in [3.63, 3.8) is 0 Å². The van der Waals surface area contributed by atoms with Gasteiger partial charge in [0.25, 0.3) is 0 Å². The summed E-state index contributed by atoms with van der Waals surface area (Å²) in [5.41, 5.74) is 1.79. The first-order chi connectivity index (χ1) is 14.5. The number of hydrogen-bond acceptors (Lipinski definition) is 3. The Balaban J connectivity index is 1.41. The molecule has 0 radical (unpaired) electrons. The summed E-state index contributed by atoms with van der Waals surface area (Å²) >= 11 is 0. The number of rotatable bonds is 4. The number of likely N-dealkylation sites (tertiary alicyclic amines) is 1. The first kappa shape index (κ1) is 18.6. The molecule has 0 N–H and O–H groups in total. The molecule has 2 aliphatic rings. The lowest BCUT2D eigenvalue weighted by Crippen LogP contribution is -2.52. The number of carbonyl (C=O) groups is 2. The first-order valence-electron chi connectivity index (χ1n) is 10.1. The second kappa shape index (κ2) is 7.12. The van der Waals surface area contributed by atoms with Gasteiger partial charge in [-0.1, -0.05) is 25.1 Å². The van der Waals surface area contributed by atoms with Gasteiger partial charge in [-0.05, 0) is 30.2 Å². The summed E-state index contributed by atoms with van der Waals surface area (Å²) in [5.74, 6) is 0.160. The molecule has 7 nitrogen and oxygen atoms in total. The minimum absolute atomic E-state index is 0.00567. The molecule has 2 fully saturated rings. The van der Waals surface area contributed by atoms with E-state index in [9.17, 15) is 14.0 Å². The lowest BCUT2D eigenvalue weighted by atomic mass is 10.0. The highest BCUT2D eigenvalue weighted by atomic mass is 19.1. The minimum Gasteiger partial charge on any atom is -0.340 e.